The predicted molar refractivity (Wildman–Crippen MR) is 159 cm³/mol. The first kappa shape index (κ1) is 29.2. The van der Waals surface area contributed by atoms with Gasteiger partial charge in [0.25, 0.3) is 0 Å². The normalized spacial score (nSPS) is 24.2. The van der Waals surface area contributed by atoms with Crippen LogP contribution in [0.3, 0.4) is 0 Å². The fourth-order valence-corrected chi connectivity index (χ4v) is 6.55. The van der Waals surface area contributed by atoms with Crippen molar-refractivity contribution in [3.05, 3.63) is 52.6 Å². The highest BCUT2D eigenvalue weighted by Crippen LogP contribution is 2.36. The second-order valence-corrected chi connectivity index (χ2v) is 12.6. The summed E-state index contributed by atoms with van der Waals surface area (Å²) in [5.74, 6) is 1.42. The van der Waals surface area contributed by atoms with Crippen molar-refractivity contribution < 1.29 is 9.59 Å². The summed E-state index contributed by atoms with van der Waals surface area (Å²) in [6.45, 7) is 9.44. The highest BCUT2D eigenvalue weighted by atomic mass is 16.2. The number of likely N-dealkylation sites (tertiary alicyclic amines) is 1. The highest BCUT2D eigenvalue weighted by molar-refractivity contribution is 5.89. The van der Waals surface area contributed by atoms with Gasteiger partial charge in [0.15, 0.2) is 0 Å². The number of hydrogen-bond acceptors (Lipinski definition) is 7. The average Bonchev–Trinajstić information content (AvgIpc) is 3.39. The molecule has 2 aromatic rings. The van der Waals surface area contributed by atoms with Gasteiger partial charge in [0.2, 0.25) is 5.91 Å². The van der Waals surface area contributed by atoms with Gasteiger partial charge in [0, 0.05) is 57.5 Å². The summed E-state index contributed by atoms with van der Waals surface area (Å²) in [6.07, 6.45) is 6.27. The van der Waals surface area contributed by atoms with Crippen molar-refractivity contribution in [1.29, 1.82) is 0 Å². The molecule has 11 nitrogen and oxygen atoms in total. The van der Waals surface area contributed by atoms with Gasteiger partial charge in [-0.05, 0) is 75.6 Å². The number of benzene rings is 1. The van der Waals surface area contributed by atoms with Crippen LogP contribution in [0.4, 0.5) is 10.6 Å². The van der Waals surface area contributed by atoms with E-state index in [0.717, 1.165) is 37.5 Å². The average molecular weight is 565 g/mol. The molecular weight excluding hydrogens is 520 g/mol. The quantitative estimate of drug-likeness (QED) is 0.484. The molecule has 1 aromatic carbocycles. The summed E-state index contributed by atoms with van der Waals surface area (Å²) < 4.78 is 1.47. The smallest absolute Gasteiger partial charge is 0.338 e. The van der Waals surface area contributed by atoms with E-state index >= 15 is 0 Å². The third-order valence-corrected chi connectivity index (χ3v) is 9.00. The number of nitrogens with one attached hydrogen (secondary N) is 1. The molecule has 11 heteroatoms. The number of anilines is 1. The molecule has 222 valence electrons. The van der Waals surface area contributed by atoms with Crippen molar-refractivity contribution in [2.75, 3.05) is 44.6 Å². The van der Waals surface area contributed by atoms with Gasteiger partial charge < -0.3 is 21.3 Å². The SMILES string of the molecule is CC(Cc1ccc(-n2ccc(NC(=O)N3CCN(C(=O)C(C)(C)N)CC3)nc2=O)cc1)N1CC2CCCC(N)C2C1. The lowest BCUT2D eigenvalue weighted by atomic mass is 9.78. The molecule has 3 heterocycles. The van der Waals surface area contributed by atoms with Crippen LogP contribution in [-0.4, -0.2) is 93.1 Å². The summed E-state index contributed by atoms with van der Waals surface area (Å²) >= 11 is 0. The maximum Gasteiger partial charge on any atom is 0.354 e. The van der Waals surface area contributed by atoms with Crippen LogP contribution < -0.4 is 22.5 Å². The molecule has 41 heavy (non-hydrogen) atoms. The van der Waals surface area contributed by atoms with Crippen molar-refractivity contribution >= 4 is 17.8 Å². The van der Waals surface area contributed by atoms with Gasteiger partial charge in [-0.3, -0.25) is 19.6 Å². The lowest BCUT2D eigenvalue weighted by Crippen LogP contribution is -2.58. The molecule has 2 saturated heterocycles. The second kappa shape index (κ2) is 11.9. The Balaban J connectivity index is 1.14. The fraction of sp³-hybridized carbons (Fsp3) is 0.600. The maximum absolute atomic E-state index is 12.8. The van der Waals surface area contributed by atoms with Crippen LogP contribution in [0.1, 0.15) is 45.6 Å². The van der Waals surface area contributed by atoms with E-state index in [9.17, 15) is 14.4 Å². The standard InChI is InChI=1S/C30H44N8O3/c1-20(37-18-22-5-4-6-25(31)24(22)19-37)17-21-7-9-23(10-8-21)38-12-11-26(34-29(38)41)33-28(40)36-15-13-35(14-16-36)27(39)30(2,3)32/h7-12,20,22,24-25H,4-6,13-19,31-32H2,1-3H3,(H,33,34,40,41). The predicted octanol–water partition coefficient (Wildman–Crippen LogP) is 1.64. The van der Waals surface area contributed by atoms with E-state index in [1.54, 1.807) is 35.9 Å². The maximum atomic E-state index is 12.8. The Morgan fingerprint density at radius 3 is 2.37 bits per heavy atom. The third-order valence-electron chi connectivity index (χ3n) is 9.00. The van der Waals surface area contributed by atoms with Crippen LogP contribution in [0.25, 0.3) is 5.69 Å². The summed E-state index contributed by atoms with van der Waals surface area (Å²) in [7, 11) is 0. The number of carbonyl (C=O) groups is 2. The Morgan fingerprint density at radius 2 is 1.73 bits per heavy atom. The van der Waals surface area contributed by atoms with E-state index in [2.05, 4.69) is 34.3 Å². The molecule has 3 amide bonds. The number of amides is 3. The van der Waals surface area contributed by atoms with Crippen molar-refractivity contribution in [2.24, 2.45) is 23.3 Å². The van der Waals surface area contributed by atoms with Crippen molar-refractivity contribution in [3.8, 4) is 5.69 Å². The molecule has 0 spiro atoms. The van der Waals surface area contributed by atoms with Crippen LogP contribution >= 0.6 is 0 Å². The molecule has 0 radical (unpaired) electrons. The van der Waals surface area contributed by atoms with Gasteiger partial charge in [0.05, 0.1) is 11.2 Å². The summed E-state index contributed by atoms with van der Waals surface area (Å²) in [6, 6.07) is 10.0. The van der Waals surface area contributed by atoms with Crippen LogP contribution in [0.15, 0.2) is 41.3 Å². The number of piperazine rings is 1. The zero-order valence-corrected chi connectivity index (χ0v) is 24.5. The number of carbonyl (C=O) groups excluding carboxylic acids is 2. The Hall–Kier alpha value is -3.28. The second-order valence-electron chi connectivity index (χ2n) is 12.6. The van der Waals surface area contributed by atoms with Gasteiger partial charge in [-0.25, -0.2) is 9.59 Å². The summed E-state index contributed by atoms with van der Waals surface area (Å²) in [5, 5.41) is 2.71. The number of fused-ring (bicyclic) bond motifs is 1. The molecule has 3 fully saturated rings. The molecule has 4 unspecified atom stereocenters. The van der Waals surface area contributed by atoms with Crippen molar-refractivity contribution in [2.45, 2.75) is 64.1 Å². The summed E-state index contributed by atoms with van der Waals surface area (Å²) in [4.78, 5) is 47.9. The highest BCUT2D eigenvalue weighted by Gasteiger charge is 2.40. The molecule has 1 saturated carbocycles. The number of nitrogens with two attached hydrogens (primary N) is 2. The topological polar surface area (TPSA) is 143 Å². The largest absolute Gasteiger partial charge is 0.354 e. The van der Waals surface area contributed by atoms with E-state index in [0.29, 0.717) is 44.2 Å². The van der Waals surface area contributed by atoms with Crippen LogP contribution in [0, 0.1) is 11.8 Å². The number of aromatic nitrogens is 2. The molecule has 1 aliphatic carbocycles. The molecule has 2 aliphatic heterocycles. The lowest BCUT2D eigenvalue weighted by molar-refractivity contribution is -0.137. The third kappa shape index (κ3) is 6.63. The molecule has 5 N–H and O–H groups in total. The number of urea groups is 1. The van der Waals surface area contributed by atoms with E-state index in [1.165, 1.54) is 23.0 Å². The van der Waals surface area contributed by atoms with Crippen molar-refractivity contribution in [3.63, 3.8) is 0 Å². The Morgan fingerprint density at radius 1 is 1.05 bits per heavy atom. The van der Waals surface area contributed by atoms with E-state index in [4.69, 9.17) is 11.5 Å². The Bertz CT molecular complexity index is 1300. The van der Waals surface area contributed by atoms with Gasteiger partial charge in [0.1, 0.15) is 5.82 Å². The fourth-order valence-electron chi connectivity index (χ4n) is 6.55. The monoisotopic (exact) mass is 564 g/mol. The Kier molecular flexibility index (Phi) is 8.49. The molecule has 0 bridgehead atoms. The molecule has 5 rings (SSSR count). The van der Waals surface area contributed by atoms with Gasteiger partial charge in [-0.1, -0.05) is 18.6 Å². The minimum atomic E-state index is -0.946. The zero-order valence-electron chi connectivity index (χ0n) is 24.5. The van der Waals surface area contributed by atoms with E-state index in [-0.39, 0.29) is 17.8 Å². The van der Waals surface area contributed by atoms with Crippen LogP contribution in [0.5, 0.6) is 0 Å². The Labute approximate surface area is 241 Å². The van der Waals surface area contributed by atoms with Crippen LogP contribution in [-0.2, 0) is 11.2 Å². The van der Waals surface area contributed by atoms with Gasteiger partial charge >= 0.3 is 11.7 Å². The first-order chi connectivity index (χ1) is 19.5. The van der Waals surface area contributed by atoms with Crippen LogP contribution in [0.2, 0.25) is 0 Å². The number of nitrogens with zero attached hydrogens (tertiary/aromatic N) is 5. The first-order valence-electron chi connectivity index (χ1n) is 14.8. The van der Waals surface area contributed by atoms with Crippen molar-refractivity contribution in [1.82, 2.24) is 24.3 Å². The first-order valence-corrected chi connectivity index (χ1v) is 14.8. The molecule has 4 atom stereocenters. The minimum absolute atomic E-state index is 0.139. The molecule has 1 aromatic heterocycles. The minimum Gasteiger partial charge on any atom is -0.338 e. The van der Waals surface area contributed by atoms with E-state index < -0.39 is 11.2 Å². The van der Waals surface area contributed by atoms with Gasteiger partial charge in [-0.2, -0.15) is 4.98 Å². The number of rotatable bonds is 6. The lowest BCUT2D eigenvalue weighted by Gasteiger charge is -2.37. The van der Waals surface area contributed by atoms with Gasteiger partial charge in [-0.15, -0.1) is 0 Å². The molecular formula is C30H44N8O3. The zero-order chi connectivity index (χ0) is 29.3. The summed E-state index contributed by atoms with van der Waals surface area (Å²) in [5.41, 5.74) is 12.9. The van der Waals surface area contributed by atoms with E-state index in [1.807, 2.05) is 12.1 Å². The number of hydrogen-bond donors (Lipinski definition) is 3. The molecule has 3 aliphatic rings.